The molecule has 0 bridgehead atoms. The summed E-state index contributed by atoms with van der Waals surface area (Å²) in [5.41, 5.74) is 1.94. The van der Waals surface area contributed by atoms with Crippen LogP contribution in [-0.2, 0) is 22.7 Å². The van der Waals surface area contributed by atoms with Gasteiger partial charge in [-0.25, -0.2) is 9.89 Å². The Morgan fingerprint density at radius 1 is 1.09 bits per heavy atom. The Labute approximate surface area is 189 Å². The number of H-pyrrole nitrogens is 2. The molecule has 5 rings (SSSR count). The highest BCUT2D eigenvalue weighted by molar-refractivity contribution is 6.05. The Kier molecular flexibility index (Phi) is 5.56. The molecule has 10 heteroatoms. The Morgan fingerprint density at radius 2 is 1.91 bits per heavy atom. The molecular formula is C23H24N6O4. The minimum atomic E-state index is -0.628. The topological polar surface area (TPSA) is 131 Å². The molecule has 2 fully saturated rings. The number of benzene rings is 1. The van der Waals surface area contributed by atoms with E-state index in [0.717, 1.165) is 37.1 Å². The van der Waals surface area contributed by atoms with E-state index in [0.29, 0.717) is 30.9 Å². The smallest absolute Gasteiger partial charge is 0.322 e. The molecule has 33 heavy (non-hydrogen) atoms. The number of nitrogens with zero attached hydrogens (tertiary/aromatic N) is 3. The molecule has 3 aliphatic rings. The summed E-state index contributed by atoms with van der Waals surface area (Å²) in [7, 11) is 0. The van der Waals surface area contributed by atoms with E-state index < -0.39 is 11.9 Å². The summed E-state index contributed by atoms with van der Waals surface area (Å²) < 4.78 is 0. The molecule has 3 amide bonds. The lowest BCUT2D eigenvalue weighted by molar-refractivity contribution is -0.136. The van der Waals surface area contributed by atoms with Crippen LogP contribution in [0.25, 0.3) is 0 Å². The number of fused-ring (bicyclic) bond motifs is 1. The van der Waals surface area contributed by atoms with Crippen LogP contribution >= 0.6 is 0 Å². The first-order valence-electron chi connectivity index (χ1n) is 11.1. The molecule has 0 spiro atoms. The van der Waals surface area contributed by atoms with Gasteiger partial charge in [0, 0.05) is 30.0 Å². The van der Waals surface area contributed by atoms with Crippen molar-refractivity contribution in [2.24, 2.45) is 5.92 Å². The maximum atomic E-state index is 12.9. The van der Waals surface area contributed by atoms with Gasteiger partial charge in [-0.3, -0.25) is 29.6 Å². The highest BCUT2D eigenvalue weighted by Crippen LogP contribution is 2.29. The Hall–Kier alpha value is -3.71. The van der Waals surface area contributed by atoms with Crippen LogP contribution < -0.4 is 11.0 Å². The van der Waals surface area contributed by atoms with E-state index in [9.17, 15) is 19.2 Å². The van der Waals surface area contributed by atoms with Crippen molar-refractivity contribution in [2.45, 2.75) is 44.8 Å². The quantitative estimate of drug-likeness (QED) is 0.452. The van der Waals surface area contributed by atoms with Gasteiger partial charge in [-0.1, -0.05) is 17.9 Å². The molecule has 3 aliphatic heterocycles. The Morgan fingerprint density at radius 3 is 2.64 bits per heavy atom. The number of aromatic nitrogens is 3. The summed E-state index contributed by atoms with van der Waals surface area (Å²) >= 11 is 0. The van der Waals surface area contributed by atoms with E-state index in [1.54, 1.807) is 11.0 Å². The van der Waals surface area contributed by atoms with Crippen molar-refractivity contribution in [3.8, 4) is 11.8 Å². The van der Waals surface area contributed by atoms with Gasteiger partial charge in [0.2, 0.25) is 11.8 Å². The molecule has 170 valence electrons. The summed E-state index contributed by atoms with van der Waals surface area (Å²) in [6.07, 6.45) is 2.41. The second kappa shape index (κ2) is 8.67. The van der Waals surface area contributed by atoms with Crippen molar-refractivity contribution in [1.29, 1.82) is 0 Å². The van der Waals surface area contributed by atoms with Gasteiger partial charge in [-0.2, -0.15) is 5.10 Å². The lowest BCUT2D eigenvalue weighted by Crippen LogP contribution is -2.52. The second-order valence-electron chi connectivity index (χ2n) is 8.68. The average molecular weight is 448 g/mol. The summed E-state index contributed by atoms with van der Waals surface area (Å²) in [5.74, 6) is 6.64. The number of aromatic amines is 2. The van der Waals surface area contributed by atoms with Crippen molar-refractivity contribution >= 4 is 17.7 Å². The zero-order valence-electron chi connectivity index (χ0n) is 18.0. The van der Waals surface area contributed by atoms with Crippen molar-refractivity contribution in [3.05, 3.63) is 51.2 Å². The van der Waals surface area contributed by atoms with Crippen molar-refractivity contribution in [2.75, 3.05) is 13.1 Å². The van der Waals surface area contributed by atoms with Crippen LogP contribution in [-0.4, -0.2) is 61.8 Å². The lowest BCUT2D eigenvalue weighted by Gasteiger charge is -2.29. The molecule has 1 aromatic heterocycles. The number of hydrogen-bond acceptors (Lipinski definition) is 6. The third kappa shape index (κ3) is 4.32. The monoisotopic (exact) mass is 448 g/mol. The first-order valence-corrected chi connectivity index (χ1v) is 11.1. The van der Waals surface area contributed by atoms with Crippen LogP contribution in [0.2, 0.25) is 0 Å². The van der Waals surface area contributed by atoms with Crippen molar-refractivity contribution in [1.82, 2.24) is 30.3 Å². The highest BCUT2D eigenvalue weighted by atomic mass is 16.2. The number of likely N-dealkylation sites (tertiary alicyclic amines) is 1. The molecule has 1 atom stereocenters. The summed E-state index contributed by atoms with van der Waals surface area (Å²) in [6.45, 7) is 2.65. The van der Waals surface area contributed by atoms with Crippen LogP contribution in [0.3, 0.4) is 0 Å². The molecular weight excluding hydrogens is 424 g/mol. The molecule has 1 aromatic carbocycles. The largest absolute Gasteiger partial charge is 0.340 e. The number of carbonyl (C=O) groups excluding carboxylic acids is 3. The third-order valence-corrected chi connectivity index (χ3v) is 6.50. The number of rotatable bonds is 3. The molecule has 0 aliphatic carbocycles. The lowest BCUT2D eigenvalue weighted by atomic mass is 9.96. The molecule has 0 saturated carbocycles. The van der Waals surface area contributed by atoms with Crippen LogP contribution in [0.15, 0.2) is 23.0 Å². The fourth-order valence-electron chi connectivity index (χ4n) is 4.71. The molecule has 2 aromatic rings. The van der Waals surface area contributed by atoms with Crippen LogP contribution in [0.1, 0.15) is 53.0 Å². The zero-order valence-corrected chi connectivity index (χ0v) is 18.0. The number of carbonyl (C=O) groups is 3. The van der Waals surface area contributed by atoms with Crippen LogP contribution in [0.4, 0.5) is 0 Å². The first kappa shape index (κ1) is 21.2. The molecule has 0 radical (unpaired) electrons. The molecule has 10 nitrogen and oxygen atoms in total. The predicted molar refractivity (Wildman–Crippen MR) is 117 cm³/mol. The van der Waals surface area contributed by atoms with E-state index in [1.807, 2.05) is 12.1 Å². The molecule has 4 heterocycles. The third-order valence-electron chi connectivity index (χ3n) is 6.50. The SMILES string of the molecule is O=C1CCC(N2Cc3c(C#CC4CCN(Cc5n[nH]c(=O)[nH]5)CC4)cccc3C2=O)C(=O)N1. The second-order valence-corrected chi connectivity index (χ2v) is 8.68. The van der Waals surface area contributed by atoms with Crippen LogP contribution in [0, 0.1) is 17.8 Å². The number of amides is 3. The summed E-state index contributed by atoms with van der Waals surface area (Å²) in [6, 6.07) is 4.88. The Balaban J connectivity index is 1.24. The van der Waals surface area contributed by atoms with Gasteiger partial charge in [0.15, 0.2) is 0 Å². The Bertz CT molecular complexity index is 1230. The standard InChI is InChI=1S/C23H24N6O4/c30-20-7-6-18(21(31)25-20)29-12-17-15(2-1-3-16(17)22(29)32)5-4-14-8-10-28(11-9-14)13-19-24-23(33)27-26-19/h1-3,14,18H,6-13H2,(H,25,30,31)(H2,24,26,27,33). The first-order chi connectivity index (χ1) is 16.0. The normalized spacial score (nSPS) is 21.5. The highest BCUT2D eigenvalue weighted by Gasteiger charge is 2.39. The van der Waals surface area contributed by atoms with Gasteiger partial charge in [0.25, 0.3) is 5.91 Å². The van der Waals surface area contributed by atoms with E-state index in [-0.39, 0.29) is 29.8 Å². The minimum absolute atomic E-state index is 0.187. The number of piperidine rings is 2. The van der Waals surface area contributed by atoms with Gasteiger partial charge in [-0.15, -0.1) is 0 Å². The summed E-state index contributed by atoms with van der Waals surface area (Å²) in [4.78, 5) is 54.3. The maximum absolute atomic E-state index is 12.9. The van der Waals surface area contributed by atoms with Crippen molar-refractivity contribution in [3.63, 3.8) is 0 Å². The van der Waals surface area contributed by atoms with E-state index in [1.165, 1.54) is 0 Å². The number of nitrogens with one attached hydrogen (secondary N) is 3. The summed E-state index contributed by atoms with van der Waals surface area (Å²) in [5, 5.41) is 8.67. The average Bonchev–Trinajstić information content (AvgIpc) is 3.36. The molecule has 3 N–H and O–H groups in total. The van der Waals surface area contributed by atoms with E-state index in [2.05, 4.69) is 37.2 Å². The number of hydrogen-bond donors (Lipinski definition) is 3. The maximum Gasteiger partial charge on any atom is 0.340 e. The predicted octanol–water partition coefficient (Wildman–Crippen LogP) is 0.123. The van der Waals surface area contributed by atoms with Crippen LogP contribution in [0.5, 0.6) is 0 Å². The fraction of sp³-hybridized carbons (Fsp3) is 0.435. The van der Waals surface area contributed by atoms with Gasteiger partial charge < -0.3 is 4.90 Å². The van der Waals surface area contributed by atoms with Gasteiger partial charge in [-0.05, 0) is 50.0 Å². The van der Waals surface area contributed by atoms with E-state index in [4.69, 9.17) is 0 Å². The molecule has 1 unspecified atom stereocenters. The number of imide groups is 1. The fourth-order valence-corrected chi connectivity index (χ4v) is 4.71. The minimum Gasteiger partial charge on any atom is -0.322 e. The zero-order chi connectivity index (χ0) is 22.9. The van der Waals surface area contributed by atoms with Gasteiger partial charge >= 0.3 is 5.69 Å². The van der Waals surface area contributed by atoms with Gasteiger partial charge in [0.1, 0.15) is 11.9 Å². The van der Waals surface area contributed by atoms with E-state index >= 15 is 0 Å². The van der Waals surface area contributed by atoms with Crippen molar-refractivity contribution < 1.29 is 14.4 Å². The van der Waals surface area contributed by atoms with Gasteiger partial charge in [0.05, 0.1) is 6.54 Å². The molecule has 2 saturated heterocycles.